The molecule has 3 heterocycles. The Balaban J connectivity index is 1.37. The number of imidazole rings is 1. The van der Waals surface area contributed by atoms with Crippen LogP contribution in [0, 0.1) is 5.92 Å². The van der Waals surface area contributed by atoms with Gasteiger partial charge in [0.2, 0.25) is 5.95 Å². The minimum atomic E-state index is -2.75. The monoisotopic (exact) mass is 531 g/mol. The number of morpholine rings is 1. The zero-order chi connectivity index (χ0) is 26.5. The number of alkyl halides is 3. The fourth-order valence-electron chi connectivity index (χ4n) is 5.52. The van der Waals surface area contributed by atoms with E-state index in [9.17, 15) is 13.2 Å². The lowest BCUT2D eigenvalue weighted by molar-refractivity contribution is 0.122. The van der Waals surface area contributed by atoms with E-state index in [0.29, 0.717) is 79.8 Å². The van der Waals surface area contributed by atoms with Crippen LogP contribution in [0.25, 0.3) is 16.9 Å². The predicted molar refractivity (Wildman–Crippen MR) is 142 cm³/mol. The first-order chi connectivity index (χ1) is 18.5. The highest BCUT2D eigenvalue weighted by molar-refractivity contribution is 5.78. The zero-order valence-electron chi connectivity index (χ0n) is 21.8. The van der Waals surface area contributed by atoms with Gasteiger partial charge in [0.1, 0.15) is 11.6 Å². The minimum absolute atomic E-state index is 0.275. The molecule has 1 aromatic carbocycles. The molecule has 11 heteroatoms. The van der Waals surface area contributed by atoms with Gasteiger partial charge in [-0.25, -0.2) is 13.8 Å². The van der Waals surface area contributed by atoms with Gasteiger partial charge in [-0.2, -0.15) is 9.97 Å². The maximum Gasteiger partial charge on any atom is 0.296 e. The van der Waals surface area contributed by atoms with Crippen molar-refractivity contribution in [2.75, 3.05) is 63.3 Å². The molecule has 0 radical (unpaired) electrons. The van der Waals surface area contributed by atoms with Crippen LogP contribution in [-0.2, 0) is 4.74 Å². The highest BCUT2D eigenvalue weighted by Crippen LogP contribution is 2.30. The van der Waals surface area contributed by atoms with E-state index in [1.54, 1.807) is 24.3 Å². The van der Waals surface area contributed by atoms with Crippen molar-refractivity contribution < 1.29 is 17.9 Å². The smallest absolute Gasteiger partial charge is 0.296 e. The van der Waals surface area contributed by atoms with Crippen molar-refractivity contribution in [3.05, 3.63) is 36.2 Å². The summed E-state index contributed by atoms with van der Waals surface area (Å²) in [4.78, 5) is 18.0. The van der Waals surface area contributed by atoms with E-state index < -0.39 is 6.43 Å². The van der Waals surface area contributed by atoms with Crippen molar-refractivity contribution >= 4 is 22.8 Å². The first-order valence-corrected chi connectivity index (χ1v) is 13.5. The van der Waals surface area contributed by atoms with Crippen LogP contribution in [0.1, 0.15) is 44.4 Å². The lowest BCUT2D eigenvalue weighted by Crippen LogP contribution is -2.37. The molecule has 38 heavy (non-hydrogen) atoms. The largest absolute Gasteiger partial charge is 0.378 e. The van der Waals surface area contributed by atoms with Gasteiger partial charge in [0.25, 0.3) is 6.43 Å². The second kappa shape index (κ2) is 12.3. The number of nitrogens with one attached hydrogen (secondary N) is 1. The summed E-state index contributed by atoms with van der Waals surface area (Å²) in [6.07, 6.45) is 2.11. The second-order valence-electron chi connectivity index (χ2n) is 10.2. The van der Waals surface area contributed by atoms with Gasteiger partial charge in [-0.15, -0.1) is 0 Å². The average Bonchev–Trinajstić information content (AvgIpc) is 3.36. The topological polar surface area (TPSA) is 71.3 Å². The van der Waals surface area contributed by atoms with Crippen molar-refractivity contribution in [1.29, 1.82) is 0 Å². The van der Waals surface area contributed by atoms with Gasteiger partial charge < -0.3 is 19.9 Å². The molecule has 2 aromatic heterocycles. The van der Waals surface area contributed by atoms with E-state index in [1.165, 1.54) is 4.57 Å². The number of benzene rings is 1. The van der Waals surface area contributed by atoms with Crippen LogP contribution in [0.3, 0.4) is 0 Å². The lowest BCUT2D eigenvalue weighted by atomic mass is 9.85. The molecule has 0 unspecified atom stereocenters. The Bertz CT molecular complexity index is 1190. The first kappa shape index (κ1) is 26.7. The van der Waals surface area contributed by atoms with Crippen molar-refractivity contribution in [3.8, 4) is 5.82 Å². The lowest BCUT2D eigenvalue weighted by Gasteiger charge is -2.34. The van der Waals surface area contributed by atoms with Gasteiger partial charge in [-0.1, -0.05) is 12.1 Å². The molecule has 0 amide bonds. The summed E-state index contributed by atoms with van der Waals surface area (Å²) in [5, 5.41) is 3.41. The number of aromatic nitrogens is 4. The van der Waals surface area contributed by atoms with Gasteiger partial charge in [-0.05, 0) is 57.2 Å². The number of nitrogens with zero attached hydrogens (tertiary/aromatic N) is 6. The molecule has 1 saturated heterocycles. The Morgan fingerprint density at radius 3 is 2.53 bits per heavy atom. The third kappa shape index (κ3) is 6.04. The molecule has 5 rings (SSSR count). The molecule has 2 aliphatic rings. The zero-order valence-corrected chi connectivity index (χ0v) is 21.8. The third-order valence-corrected chi connectivity index (χ3v) is 7.68. The number of para-hydroxylation sites is 2. The molecule has 0 atom stereocenters. The number of anilines is 2. The summed E-state index contributed by atoms with van der Waals surface area (Å²) in [5.74, 6) is 1.59. The summed E-state index contributed by atoms with van der Waals surface area (Å²) >= 11 is 0. The Hall–Kier alpha value is -2.92. The number of halogens is 3. The number of hydrogen-bond acceptors (Lipinski definition) is 7. The van der Waals surface area contributed by atoms with E-state index in [2.05, 4.69) is 27.1 Å². The van der Waals surface area contributed by atoms with Crippen LogP contribution >= 0.6 is 0 Å². The van der Waals surface area contributed by atoms with E-state index >= 15 is 0 Å². The van der Waals surface area contributed by atoms with Crippen LogP contribution in [0.4, 0.5) is 24.9 Å². The van der Waals surface area contributed by atoms with Crippen molar-refractivity contribution in [2.45, 2.75) is 44.6 Å². The Morgan fingerprint density at radius 2 is 1.79 bits per heavy atom. The van der Waals surface area contributed by atoms with Gasteiger partial charge in [-0.3, -0.25) is 8.96 Å². The average molecular weight is 532 g/mol. The van der Waals surface area contributed by atoms with Crippen LogP contribution in [0.15, 0.2) is 30.3 Å². The maximum absolute atomic E-state index is 14.1. The van der Waals surface area contributed by atoms with Crippen LogP contribution in [-0.4, -0.2) is 83.6 Å². The first-order valence-electron chi connectivity index (χ1n) is 13.5. The van der Waals surface area contributed by atoms with Gasteiger partial charge in [0, 0.05) is 38.3 Å². The highest BCUT2D eigenvalue weighted by atomic mass is 19.3. The van der Waals surface area contributed by atoms with E-state index in [4.69, 9.17) is 14.7 Å². The molecule has 206 valence electrons. The predicted octanol–water partition coefficient (Wildman–Crippen LogP) is 4.85. The fourth-order valence-corrected chi connectivity index (χ4v) is 5.52. The second-order valence-corrected chi connectivity index (χ2v) is 10.2. The molecule has 8 nitrogen and oxygen atoms in total. The summed E-state index contributed by atoms with van der Waals surface area (Å²) in [6.45, 7) is 3.73. The number of fused-ring (bicyclic) bond motifs is 1. The fraction of sp³-hybridized carbons (Fsp3) is 0.593. The molecule has 1 aliphatic heterocycles. The molecular weight excluding hydrogens is 495 g/mol. The third-order valence-electron chi connectivity index (χ3n) is 7.68. The Kier molecular flexibility index (Phi) is 8.63. The SMILES string of the molecule is CN(CCCF)C1CCC(CNc2nc(N3CCOCC3)cc(-n3c(C(F)F)nc4ccccc43)n2)CC1. The molecule has 1 aliphatic carbocycles. The van der Waals surface area contributed by atoms with Crippen LogP contribution in [0.5, 0.6) is 0 Å². The van der Waals surface area contributed by atoms with Crippen LogP contribution < -0.4 is 10.2 Å². The normalized spacial score (nSPS) is 20.5. The molecule has 2 fully saturated rings. The van der Waals surface area contributed by atoms with Gasteiger partial charge in [0.15, 0.2) is 5.82 Å². The van der Waals surface area contributed by atoms with Crippen LogP contribution in [0.2, 0.25) is 0 Å². The number of rotatable bonds is 10. The van der Waals surface area contributed by atoms with E-state index in [0.717, 1.165) is 32.2 Å². The van der Waals surface area contributed by atoms with Gasteiger partial charge >= 0.3 is 0 Å². The van der Waals surface area contributed by atoms with Gasteiger partial charge in [0.05, 0.1) is 30.9 Å². The molecule has 3 aromatic rings. The summed E-state index contributed by atoms with van der Waals surface area (Å²) < 4.78 is 47.6. The van der Waals surface area contributed by atoms with Crippen molar-refractivity contribution in [2.24, 2.45) is 5.92 Å². The molecule has 0 bridgehead atoms. The minimum Gasteiger partial charge on any atom is -0.378 e. The van der Waals surface area contributed by atoms with E-state index in [-0.39, 0.29) is 12.5 Å². The summed E-state index contributed by atoms with van der Waals surface area (Å²) in [6, 6.07) is 9.36. The Morgan fingerprint density at radius 1 is 1.05 bits per heavy atom. The van der Waals surface area contributed by atoms with E-state index in [1.807, 2.05) is 6.07 Å². The number of hydrogen-bond donors (Lipinski definition) is 1. The summed E-state index contributed by atoms with van der Waals surface area (Å²) in [7, 11) is 2.08. The number of ether oxygens (including phenoxy) is 1. The van der Waals surface area contributed by atoms with Crippen molar-refractivity contribution in [3.63, 3.8) is 0 Å². The molecule has 1 saturated carbocycles. The summed E-state index contributed by atoms with van der Waals surface area (Å²) in [5.41, 5.74) is 1.08. The quantitative estimate of drug-likeness (QED) is 0.401. The Labute approximate surface area is 221 Å². The molecular formula is C27H36F3N7O. The van der Waals surface area contributed by atoms with Crippen molar-refractivity contribution in [1.82, 2.24) is 24.4 Å². The molecule has 1 N–H and O–H groups in total. The maximum atomic E-state index is 14.1. The highest BCUT2D eigenvalue weighted by Gasteiger charge is 2.26. The standard InChI is InChI=1S/C27H36F3N7O/c1-35(12-4-11-28)20-9-7-19(8-10-20)18-31-27-33-23(36-13-15-38-16-14-36)17-24(34-27)37-22-6-3-2-5-21(22)32-26(37)25(29)30/h2-3,5-6,17,19-20,25H,4,7-16,18H2,1H3,(H,31,33,34). The molecule has 0 spiro atoms.